The lowest BCUT2D eigenvalue weighted by atomic mass is 10.0. The molecule has 4 nitrogen and oxygen atoms in total. The summed E-state index contributed by atoms with van der Waals surface area (Å²) < 4.78 is 5.87. The maximum Gasteiger partial charge on any atom is 0.339 e. The number of rotatable bonds is 8. The second-order valence-electron chi connectivity index (χ2n) is 6.71. The summed E-state index contributed by atoms with van der Waals surface area (Å²) in [5, 5.41) is 1.82. The molecule has 0 bridgehead atoms. The number of ether oxygens (including phenoxy) is 1. The molecule has 0 spiro atoms. The molecule has 0 aliphatic heterocycles. The van der Waals surface area contributed by atoms with Crippen LogP contribution in [0.5, 0.6) is 0 Å². The largest absolute Gasteiger partial charge is 0.459 e. The van der Waals surface area contributed by atoms with Crippen LogP contribution in [-0.2, 0) is 4.74 Å². The standard InChI is InChI=1S/C22H26N2O2/c1-3-5-9-17(10-6-4-2)26-22(25)19-13-15-24-21-18(19)12-11-16-8-7-14-23-20(16)21/h7-8,11-15,17H,3-6,9-10H2,1-2H3. The van der Waals surface area contributed by atoms with E-state index in [0.29, 0.717) is 5.56 Å². The highest BCUT2D eigenvalue weighted by molar-refractivity contribution is 6.10. The summed E-state index contributed by atoms with van der Waals surface area (Å²) in [6.45, 7) is 4.32. The first kappa shape index (κ1) is 18.3. The molecule has 0 saturated carbocycles. The van der Waals surface area contributed by atoms with E-state index in [4.69, 9.17) is 4.74 Å². The Kier molecular flexibility index (Phi) is 6.16. The maximum absolute atomic E-state index is 12.9. The molecular formula is C22H26N2O2. The van der Waals surface area contributed by atoms with E-state index in [1.807, 2.05) is 24.3 Å². The molecule has 0 unspecified atom stereocenters. The zero-order valence-electron chi connectivity index (χ0n) is 15.6. The van der Waals surface area contributed by atoms with Crippen molar-refractivity contribution in [1.82, 2.24) is 9.97 Å². The van der Waals surface area contributed by atoms with Gasteiger partial charge in [0, 0.05) is 23.2 Å². The minimum Gasteiger partial charge on any atom is -0.459 e. The van der Waals surface area contributed by atoms with Crippen LogP contribution >= 0.6 is 0 Å². The molecule has 136 valence electrons. The van der Waals surface area contributed by atoms with Crippen LogP contribution in [0.1, 0.15) is 62.7 Å². The second-order valence-corrected chi connectivity index (χ2v) is 6.71. The smallest absolute Gasteiger partial charge is 0.339 e. The van der Waals surface area contributed by atoms with E-state index >= 15 is 0 Å². The first-order chi connectivity index (χ1) is 12.7. The highest BCUT2D eigenvalue weighted by atomic mass is 16.5. The fourth-order valence-electron chi connectivity index (χ4n) is 3.27. The third kappa shape index (κ3) is 4.01. The normalized spacial score (nSPS) is 11.3. The van der Waals surface area contributed by atoms with Gasteiger partial charge in [0.25, 0.3) is 0 Å². The fraction of sp³-hybridized carbons (Fsp3) is 0.409. The van der Waals surface area contributed by atoms with E-state index in [1.165, 1.54) is 0 Å². The molecule has 26 heavy (non-hydrogen) atoms. The van der Waals surface area contributed by atoms with Crippen molar-refractivity contribution < 1.29 is 9.53 Å². The predicted octanol–water partition coefficient (Wildman–Crippen LogP) is 5.69. The summed E-state index contributed by atoms with van der Waals surface area (Å²) in [4.78, 5) is 21.8. The average Bonchev–Trinajstić information content (AvgIpc) is 2.69. The number of benzene rings is 1. The summed E-state index contributed by atoms with van der Waals surface area (Å²) in [5.41, 5.74) is 2.13. The molecular weight excluding hydrogens is 324 g/mol. The van der Waals surface area contributed by atoms with Crippen molar-refractivity contribution in [3.8, 4) is 0 Å². The van der Waals surface area contributed by atoms with Gasteiger partial charge in [-0.1, -0.05) is 57.7 Å². The van der Waals surface area contributed by atoms with Gasteiger partial charge in [-0.05, 0) is 25.0 Å². The number of hydrogen-bond acceptors (Lipinski definition) is 4. The summed E-state index contributed by atoms with van der Waals surface area (Å²) in [6, 6.07) is 9.57. The molecule has 0 atom stereocenters. The van der Waals surface area contributed by atoms with Crippen molar-refractivity contribution in [2.24, 2.45) is 0 Å². The average molecular weight is 350 g/mol. The zero-order chi connectivity index (χ0) is 18.4. The van der Waals surface area contributed by atoms with Crippen LogP contribution in [0.25, 0.3) is 21.8 Å². The molecule has 1 aromatic carbocycles. The highest BCUT2D eigenvalue weighted by Gasteiger charge is 2.18. The lowest BCUT2D eigenvalue weighted by Crippen LogP contribution is -2.19. The quantitative estimate of drug-likeness (QED) is 0.387. The molecule has 0 N–H and O–H groups in total. The molecule has 0 saturated heterocycles. The number of hydrogen-bond donors (Lipinski definition) is 0. The van der Waals surface area contributed by atoms with Gasteiger partial charge < -0.3 is 4.74 Å². The molecule has 0 aliphatic carbocycles. The van der Waals surface area contributed by atoms with E-state index in [0.717, 1.165) is 60.3 Å². The SMILES string of the molecule is CCCCC(CCCC)OC(=O)c1ccnc2c1ccc1cccnc12. The van der Waals surface area contributed by atoms with Gasteiger partial charge in [0.1, 0.15) is 6.10 Å². The number of nitrogens with zero attached hydrogens (tertiary/aromatic N) is 2. The van der Waals surface area contributed by atoms with E-state index in [2.05, 4.69) is 23.8 Å². The number of unbranched alkanes of at least 4 members (excludes halogenated alkanes) is 2. The Bertz CT molecular complexity index is 884. The van der Waals surface area contributed by atoms with Gasteiger partial charge in [0.2, 0.25) is 0 Å². The summed E-state index contributed by atoms with van der Waals surface area (Å²) >= 11 is 0. The van der Waals surface area contributed by atoms with Crippen LogP contribution in [0.2, 0.25) is 0 Å². The number of esters is 1. The van der Waals surface area contributed by atoms with Crippen LogP contribution in [0.15, 0.2) is 42.7 Å². The van der Waals surface area contributed by atoms with Crippen molar-refractivity contribution in [3.63, 3.8) is 0 Å². The minimum absolute atomic E-state index is 0.0100. The minimum atomic E-state index is -0.259. The predicted molar refractivity (Wildman–Crippen MR) is 105 cm³/mol. The van der Waals surface area contributed by atoms with Gasteiger partial charge >= 0.3 is 5.97 Å². The lowest BCUT2D eigenvalue weighted by molar-refractivity contribution is 0.0253. The molecule has 4 heteroatoms. The van der Waals surface area contributed by atoms with Crippen molar-refractivity contribution in [2.45, 2.75) is 58.5 Å². The topological polar surface area (TPSA) is 52.1 Å². The van der Waals surface area contributed by atoms with Crippen LogP contribution in [-0.4, -0.2) is 22.0 Å². The molecule has 0 aliphatic rings. The van der Waals surface area contributed by atoms with Crippen LogP contribution < -0.4 is 0 Å². The summed E-state index contributed by atoms with van der Waals surface area (Å²) in [6.07, 6.45) is 9.63. The van der Waals surface area contributed by atoms with Gasteiger partial charge in [-0.25, -0.2) is 4.79 Å². The number of carbonyl (C=O) groups excluding carboxylic acids is 1. The van der Waals surface area contributed by atoms with Gasteiger partial charge in [0.15, 0.2) is 0 Å². The van der Waals surface area contributed by atoms with E-state index in [-0.39, 0.29) is 12.1 Å². The zero-order valence-corrected chi connectivity index (χ0v) is 15.6. The monoisotopic (exact) mass is 350 g/mol. The molecule has 3 aromatic rings. The Hall–Kier alpha value is -2.49. The van der Waals surface area contributed by atoms with Crippen molar-refractivity contribution in [1.29, 1.82) is 0 Å². The van der Waals surface area contributed by atoms with E-state index < -0.39 is 0 Å². The third-order valence-electron chi connectivity index (χ3n) is 4.74. The number of pyridine rings is 2. The Morgan fingerprint density at radius 1 is 0.962 bits per heavy atom. The Labute approximate surface area is 154 Å². The Balaban J connectivity index is 1.91. The van der Waals surface area contributed by atoms with Gasteiger partial charge in [-0.2, -0.15) is 0 Å². The summed E-state index contributed by atoms with van der Waals surface area (Å²) in [5.74, 6) is -0.259. The third-order valence-corrected chi connectivity index (χ3v) is 4.74. The molecule has 3 rings (SSSR count). The Morgan fingerprint density at radius 3 is 2.42 bits per heavy atom. The molecule has 0 fully saturated rings. The number of carbonyl (C=O) groups is 1. The Morgan fingerprint density at radius 2 is 1.69 bits per heavy atom. The van der Waals surface area contributed by atoms with Gasteiger partial charge in [-0.15, -0.1) is 0 Å². The fourth-order valence-corrected chi connectivity index (χ4v) is 3.27. The highest BCUT2D eigenvalue weighted by Crippen LogP contribution is 2.25. The lowest BCUT2D eigenvalue weighted by Gasteiger charge is -2.18. The molecule has 2 aromatic heterocycles. The van der Waals surface area contributed by atoms with Crippen LogP contribution in [0.3, 0.4) is 0 Å². The van der Waals surface area contributed by atoms with E-state index in [9.17, 15) is 4.79 Å². The molecule has 2 heterocycles. The molecule has 0 radical (unpaired) electrons. The molecule has 0 amide bonds. The van der Waals surface area contributed by atoms with Crippen molar-refractivity contribution in [3.05, 3.63) is 48.3 Å². The van der Waals surface area contributed by atoms with Crippen molar-refractivity contribution >= 4 is 27.8 Å². The number of aromatic nitrogens is 2. The number of fused-ring (bicyclic) bond motifs is 3. The van der Waals surface area contributed by atoms with Crippen molar-refractivity contribution in [2.75, 3.05) is 0 Å². The second kappa shape index (κ2) is 8.75. The van der Waals surface area contributed by atoms with Crippen LogP contribution in [0.4, 0.5) is 0 Å². The van der Waals surface area contributed by atoms with Gasteiger partial charge in [0.05, 0.1) is 16.6 Å². The first-order valence-electron chi connectivity index (χ1n) is 9.58. The maximum atomic E-state index is 12.9. The van der Waals surface area contributed by atoms with Gasteiger partial charge in [-0.3, -0.25) is 9.97 Å². The van der Waals surface area contributed by atoms with E-state index in [1.54, 1.807) is 18.5 Å². The first-order valence-corrected chi connectivity index (χ1v) is 9.58. The van der Waals surface area contributed by atoms with Crippen LogP contribution in [0, 0.1) is 0 Å². The summed E-state index contributed by atoms with van der Waals surface area (Å²) in [7, 11) is 0.